The molecule has 110 valence electrons. The average molecular weight is 275 g/mol. The minimum absolute atomic E-state index is 0.192. The molecule has 0 radical (unpaired) electrons. The molecule has 0 spiro atoms. The summed E-state index contributed by atoms with van der Waals surface area (Å²) in [7, 11) is 1.72. The van der Waals surface area contributed by atoms with Crippen molar-refractivity contribution in [2.24, 2.45) is 5.92 Å². The molecule has 3 rings (SSSR count). The zero-order chi connectivity index (χ0) is 14.1. The summed E-state index contributed by atoms with van der Waals surface area (Å²) in [5, 5.41) is 3.80. The average Bonchev–Trinajstić information content (AvgIpc) is 2.45. The van der Waals surface area contributed by atoms with Crippen LogP contribution in [0.15, 0.2) is 18.2 Å². The largest absolute Gasteiger partial charge is 0.497 e. The predicted molar refractivity (Wildman–Crippen MR) is 80.2 cm³/mol. The molecule has 0 amide bonds. The van der Waals surface area contributed by atoms with Crippen LogP contribution in [0.4, 0.5) is 0 Å². The number of rotatable bonds is 3. The lowest BCUT2D eigenvalue weighted by atomic mass is 9.84. The molecule has 1 fully saturated rings. The van der Waals surface area contributed by atoms with Crippen molar-refractivity contribution in [1.29, 1.82) is 0 Å². The first-order chi connectivity index (χ1) is 9.67. The summed E-state index contributed by atoms with van der Waals surface area (Å²) in [5.74, 6) is 1.64. The van der Waals surface area contributed by atoms with Crippen LogP contribution in [0.1, 0.15) is 43.9 Å². The second kappa shape index (κ2) is 5.74. The first-order valence-electron chi connectivity index (χ1n) is 7.72. The number of benzene rings is 1. The Balaban J connectivity index is 1.77. The highest BCUT2D eigenvalue weighted by Crippen LogP contribution is 2.37. The van der Waals surface area contributed by atoms with E-state index in [1.54, 1.807) is 7.11 Å². The van der Waals surface area contributed by atoms with Gasteiger partial charge in [0.2, 0.25) is 0 Å². The summed E-state index contributed by atoms with van der Waals surface area (Å²) in [6, 6.07) is 7.34. The maximum absolute atomic E-state index is 6.20. The number of aryl methyl sites for hydroxylation is 1. The van der Waals surface area contributed by atoms with Crippen molar-refractivity contribution in [3.63, 3.8) is 0 Å². The minimum atomic E-state index is 0.192. The van der Waals surface area contributed by atoms with Crippen molar-refractivity contribution in [2.45, 2.75) is 51.3 Å². The van der Waals surface area contributed by atoms with E-state index in [1.807, 2.05) is 0 Å². The first-order valence-corrected chi connectivity index (χ1v) is 7.72. The molecule has 3 nitrogen and oxygen atoms in total. The molecule has 3 atom stereocenters. The Labute approximate surface area is 121 Å². The van der Waals surface area contributed by atoms with Gasteiger partial charge in [0.1, 0.15) is 5.75 Å². The Bertz CT molecular complexity index is 472. The van der Waals surface area contributed by atoms with Gasteiger partial charge in [-0.25, -0.2) is 0 Å². The van der Waals surface area contributed by atoms with Crippen LogP contribution < -0.4 is 10.1 Å². The van der Waals surface area contributed by atoms with Gasteiger partial charge in [-0.2, -0.15) is 0 Å². The Morgan fingerprint density at radius 1 is 1.40 bits per heavy atom. The molecule has 0 aromatic heterocycles. The zero-order valence-corrected chi connectivity index (χ0v) is 12.7. The van der Waals surface area contributed by atoms with E-state index >= 15 is 0 Å². The number of fused-ring (bicyclic) bond motifs is 3. The van der Waals surface area contributed by atoms with Gasteiger partial charge in [0.15, 0.2) is 0 Å². The highest BCUT2D eigenvalue weighted by molar-refractivity contribution is 5.40. The van der Waals surface area contributed by atoms with Gasteiger partial charge in [-0.15, -0.1) is 0 Å². The molecule has 3 unspecified atom stereocenters. The quantitative estimate of drug-likeness (QED) is 0.919. The van der Waals surface area contributed by atoms with E-state index < -0.39 is 0 Å². The molecule has 1 N–H and O–H groups in total. The van der Waals surface area contributed by atoms with Crippen LogP contribution in [0.25, 0.3) is 0 Å². The minimum Gasteiger partial charge on any atom is -0.497 e. The van der Waals surface area contributed by atoms with E-state index in [2.05, 4.69) is 37.4 Å². The van der Waals surface area contributed by atoms with Crippen molar-refractivity contribution in [1.82, 2.24) is 5.32 Å². The lowest BCUT2D eigenvalue weighted by Gasteiger charge is -2.42. The van der Waals surface area contributed by atoms with Crippen LogP contribution in [0.5, 0.6) is 5.75 Å². The summed E-state index contributed by atoms with van der Waals surface area (Å²) in [6.07, 6.45) is 3.68. The Kier molecular flexibility index (Phi) is 3.99. The third-order valence-corrected chi connectivity index (χ3v) is 4.43. The van der Waals surface area contributed by atoms with Crippen LogP contribution in [-0.2, 0) is 11.2 Å². The molecular weight excluding hydrogens is 250 g/mol. The summed E-state index contributed by atoms with van der Waals surface area (Å²) in [6.45, 7) is 5.36. The molecule has 0 bridgehead atoms. The van der Waals surface area contributed by atoms with Gasteiger partial charge < -0.3 is 14.8 Å². The number of nitrogens with one attached hydrogen (secondary N) is 1. The molecule has 1 saturated heterocycles. The topological polar surface area (TPSA) is 30.5 Å². The molecule has 20 heavy (non-hydrogen) atoms. The monoisotopic (exact) mass is 275 g/mol. The third-order valence-electron chi connectivity index (χ3n) is 4.43. The molecular formula is C17H25NO2. The summed E-state index contributed by atoms with van der Waals surface area (Å²) >= 11 is 0. The van der Waals surface area contributed by atoms with Gasteiger partial charge in [-0.3, -0.25) is 0 Å². The lowest BCUT2D eigenvalue weighted by Crippen LogP contribution is -2.52. The van der Waals surface area contributed by atoms with Crippen molar-refractivity contribution >= 4 is 0 Å². The van der Waals surface area contributed by atoms with Crippen LogP contribution in [0, 0.1) is 5.92 Å². The van der Waals surface area contributed by atoms with E-state index in [0.29, 0.717) is 18.0 Å². The maximum atomic E-state index is 6.20. The van der Waals surface area contributed by atoms with Crippen molar-refractivity contribution in [2.75, 3.05) is 13.7 Å². The molecule has 1 aromatic carbocycles. The van der Waals surface area contributed by atoms with Crippen molar-refractivity contribution < 1.29 is 9.47 Å². The maximum Gasteiger partial charge on any atom is 0.119 e. The molecule has 3 heteroatoms. The van der Waals surface area contributed by atoms with Gasteiger partial charge in [0, 0.05) is 12.1 Å². The molecule has 2 aliphatic rings. The summed E-state index contributed by atoms with van der Waals surface area (Å²) in [5.41, 5.74) is 2.73. The van der Waals surface area contributed by atoms with Gasteiger partial charge in [0.25, 0.3) is 0 Å². The smallest absolute Gasteiger partial charge is 0.119 e. The van der Waals surface area contributed by atoms with E-state index in [9.17, 15) is 0 Å². The van der Waals surface area contributed by atoms with Gasteiger partial charge >= 0.3 is 0 Å². The number of hydrogen-bond donors (Lipinski definition) is 1. The van der Waals surface area contributed by atoms with Gasteiger partial charge in [0.05, 0.1) is 19.8 Å². The van der Waals surface area contributed by atoms with Gasteiger partial charge in [-0.1, -0.05) is 19.9 Å². The highest BCUT2D eigenvalue weighted by Gasteiger charge is 2.36. The number of methoxy groups -OCH3 is 1. The molecule has 1 aliphatic heterocycles. The molecule has 1 heterocycles. The van der Waals surface area contributed by atoms with Crippen LogP contribution in [0.2, 0.25) is 0 Å². The van der Waals surface area contributed by atoms with Crippen molar-refractivity contribution in [3.8, 4) is 5.75 Å². The highest BCUT2D eigenvalue weighted by atomic mass is 16.5. The second-order valence-corrected chi connectivity index (χ2v) is 6.46. The molecule has 0 saturated carbocycles. The third kappa shape index (κ3) is 2.70. The standard InChI is InChI=1S/C17H25NO2/c1-11(2)8-13-10-20-17-15-9-14(19-3)6-4-12(15)5-7-16(17)18-13/h4,6,9,11,13,16-18H,5,7-8,10H2,1-3H3. The Morgan fingerprint density at radius 3 is 3.00 bits per heavy atom. The Morgan fingerprint density at radius 2 is 2.25 bits per heavy atom. The number of hydrogen-bond acceptors (Lipinski definition) is 3. The molecule has 1 aromatic rings. The first kappa shape index (κ1) is 13.9. The summed E-state index contributed by atoms with van der Waals surface area (Å²) < 4.78 is 11.6. The number of morpholine rings is 1. The summed E-state index contributed by atoms with van der Waals surface area (Å²) in [4.78, 5) is 0. The normalized spacial score (nSPS) is 28.9. The van der Waals surface area contributed by atoms with E-state index in [1.165, 1.54) is 24.0 Å². The Hall–Kier alpha value is -1.06. The fourth-order valence-corrected chi connectivity index (χ4v) is 3.52. The van der Waals surface area contributed by atoms with Gasteiger partial charge in [-0.05, 0) is 48.4 Å². The lowest BCUT2D eigenvalue weighted by molar-refractivity contribution is -0.0398. The predicted octanol–water partition coefficient (Wildman–Crippen LogP) is 3.09. The van der Waals surface area contributed by atoms with Crippen LogP contribution in [0.3, 0.4) is 0 Å². The second-order valence-electron chi connectivity index (χ2n) is 6.46. The van der Waals surface area contributed by atoms with E-state index in [-0.39, 0.29) is 6.10 Å². The van der Waals surface area contributed by atoms with Crippen LogP contribution in [-0.4, -0.2) is 25.8 Å². The zero-order valence-electron chi connectivity index (χ0n) is 12.7. The van der Waals surface area contributed by atoms with E-state index in [0.717, 1.165) is 18.8 Å². The SMILES string of the molecule is COc1ccc2c(c1)C1OCC(CC(C)C)NC1CC2. The van der Waals surface area contributed by atoms with Crippen molar-refractivity contribution in [3.05, 3.63) is 29.3 Å². The van der Waals surface area contributed by atoms with Crippen LogP contribution >= 0.6 is 0 Å². The van der Waals surface area contributed by atoms with E-state index in [4.69, 9.17) is 9.47 Å². The molecule has 1 aliphatic carbocycles. The number of ether oxygens (including phenoxy) is 2. The fourth-order valence-electron chi connectivity index (χ4n) is 3.52. The fraction of sp³-hybridized carbons (Fsp3) is 0.647.